The molecular weight excluding hydrogens is 236 g/mol. The van der Waals surface area contributed by atoms with E-state index < -0.39 is 0 Å². The fourth-order valence-electron chi connectivity index (χ4n) is 2.76. The van der Waals surface area contributed by atoms with E-state index in [2.05, 4.69) is 60.9 Å². The number of benzene rings is 1. The Morgan fingerprint density at radius 2 is 2.05 bits per heavy atom. The van der Waals surface area contributed by atoms with Gasteiger partial charge in [-0.15, -0.1) is 0 Å². The Balaban J connectivity index is 2.04. The number of aromatic nitrogens is 1. The summed E-state index contributed by atoms with van der Waals surface area (Å²) in [5.41, 5.74) is 3.84. The largest absolute Gasteiger partial charge is 0.493 e. The van der Waals surface area contributed by atoms with Gasteiger partial charge in [-0.3, -0.25) is 0 Å². The minimum absolute atomic E-state index is 0.388. The Labute approximate surface area is 114 Å². The van der Waals surface area contributed by atoms with Gasteiger partial charge in [0.05, 0.1) is 18.3 Å². The average molecular weight is 256 g/mol. The van der Waals surface area contributed by atoms with Crippen LogP contribution in [0.4, 0.5) is 5.69 Å². The number of rotatable bonds is 2. The molecule has 2 aromatic rings. The van der Waals surface area contributed by atoms with E-state index in [1.807, 2.05) is 6.07 Å². The second kappa shape index (κ2) is 4.65. The number of hydrogen-bond acceptors (Lipinski definition) is 2. The SMILES string of the molecule is Cc1cc(N(C)C)cn1[C@H]1CCOc2ccccc21. The van der Waals surface area contributed by atoms with Crippen LogP contribution in [-0.4, -0.2) is 25.3 Å². The summed E-state index contributed by atoms with van der Waals surface area (Å²) >= 11 is 0. The minimum atomic E-state index is 0.388. The van der Waals surface area contributed by atoms with Crippen LogP contribution in [0.15, 0.2) is 36.5 Å². The highest BCUT2D eigenvalue weighted by atomic mass is 16.5. The van der Waals surface area contributed by atoms with E-state index in [4.69, 9.17) is 4.74 Å². The van der Waals surface area contributed by atoms with Gasteiger partial charge in [0.15, 0.2) is 0 Å². The minimum Gasteiger partial charge on any atom is -0.493 e. The smallest absolute Gasteiger partial charge is 0.124 e. The first-order chi connectivity index (χ1) is 9.16. The highest BCUT2D eigenvalue weighted by Crippen LogP contribution is 2.36. The number of nitrogens with zero attached hydrogens (tertiary/aromatic N) is 2. The Hall–Kier alpha value is -1.90. The molecule has 2 heterocycles. The van der Waals surface area contributed by atoms with E-state index in [0.29, 0.717) is 6.04 Å². The first-order valence-electron chi connectivity index (χ1n) is 6.74. The first-order valence-corrected chi connectivity index (χ1v) is 6.74. The molecule has 0 radical (unpaired) electrons. The van der Waals surface area contributed by atoms with Crippen molar-refractivity contribution in [2.45, 2.75) is 19.4 Å². The predicted octanol–water partition coefficient (Wildman–Crippen LogP) is 3.23. The van der Waals surface area contributed by atoms with Gasteiger partial charge >= 0.3 is 0 Å². The van der Waals surface area contributed by atoms with Crippen molar-refractivity contribution in [1.82, 2.24) is 4.57 Å². The summed E-state index contributed by atoms with van der Waals surface area (Å²) in [7, 11) is 4.16. The van der Waals surface area contributed by atoms with Gasteiger partial charge in [-0.1, -0.05) is 18.2 Å². The number of para-hydroxylation sites is 1. The van der Waals surface area contributed by atoms with Crippen LogP contribution < -0.4 is 9.64 Å². The van der Waals surface area contributed by atoms with Gasteiger partial charge in [-0.25, -0.2) is 0 Å². The molecule has 1 aliphatic heterocycles. The third kappa shape index (κ3) is 2.09. The zero-order chi connectivity index (χ0) is 13.4. The lowest BCUT2D eigenvalue weighted by Crippen LogP contribution is -2.20. The third-order valence-electron chi connectivity index (χ3n) is 3.81. The highest BCUT2D eigenvalue weighted by molar-refractivity contribution is 5.47. The first kappa shape index (κ1) is 12.2. The maximum absolute atomic E-state index is 5.75. The molecule has 3 heteroatoms. The fraction of sp³-hybridized carbons (Fsp3) is 0.375. The molecule has 0 saturated heterocycles. The topological polar surface area (TPSA) is 17.4 Å². The molecule has 1 aliphatic rings. The number of hydrogen-bond donors (Lipinski definition) is 0. The maximum Gasteiger partial charge on any atom is 0.124 e. The van der Waals surface area contributed by atoms with Crippen molar-refractivity contribution in [3.63, 3.8) is 0 Å². The van der Waals surface area contributed by atoms with Crippen molar-refractivity contribution >= 4 is 5.69 Å². The number of fused-ring (bicyclic) bond motifs is 1. The molecule has 0 fully saturated rings. The molecule has 1 atom stereocenters. The van der Waals surface area contributed by atoms with Gasteiger partial charge in [0.1, 0.15) is 5.75 Å². The zero-order valence-corrected chi connectivity index (χ0v) is 11.8. The van der Waals surface area contributed by atoms with Crippen LogP contribution in [0, 0.1) is 6.92 Å². The maximum atomic E-state index is 5.75. The second-order valence-corrected chi connectivity index (χ2v) is 5.33. The van der Waals surface area contributed by atoms with Crippen molar-refractivity contribution in [2.75, 3.05) is 25.6 Å². The monoisotopic (exact) mass is 256 g/mol. The second-order valence-electron chi connectivity index (χ2n) is 5.33. The van der Waals surface area contributed by atoms with Crippen LogP contribution in [-0.2, 0) is 0 Å². The lowest BCUT2D eigenvalue weighted by molar-refractivity contribution is 0.255. The molecule has 0 amide bonds. The molecule has 3 nitrogen and oxygen atoms in total. The lowest BCUT2D eigenvalue weighted by atomic mass is 10.0. The van der Waals surface area contributed by atoms with Crippen molar-refractivity contribution in [3.8, 4) is 5.75 Å². The molecule has 0 spiro atoms. The number of anilines is 1. The highest BCUT2D eigenvalue weighted by Gasteiger charge is 2.23. The molecule has 0 bridgehead atoms. The van der Waals surface area contributed by atoms with Crippen molar-refractivity contribution < 1.29 is 4.74 Å². The molecule has 0 N–H and O–H groups in total. The standard InChI is InChI=1S/C16H20N2O/c1-12-10-13(17(2)3)11-18(12)15-8-9-19-16-7-5-4-6-14(15)16/h4-7,10-11,15H,8-9H2,1-3H3/t15-/m0/s1. The average Bonchev–Trinajstić information content (AvgIpc) is 2.80. The van der Waals surface area contributed by atoms with Crippen LogP contribution in [0.25, 0.3) is 0 Å². The molecule has 19 heavy (non-hydrogen) atoms. The quantitative estimate of drug-likeness (QED) is 0.820. The number of aryl methyl sites for hydroxylation is 1. The van der Waals surface area contributed by atoms with Gasteiger partial charge in [0.25, 0.3) is 0 Å². The van der Waals surface area contributed by atoms with Gasteiger partial charge in [-0.2, -0.15) is 0 Å². The van der Waals surface area contributed by atoms with E-state index in [-0.39, 0.29) is 0 Å². The molecule has 0 saturated carbocycles. The summed E-state index contributed by atoms with van der Waals surface area (Å²) in [5.74, 6) is 1.03. The van der Waals surface area contributed by atoms with Crippen LogP contribution in [0.2, 0.25) is 0 Å². The van der Waals surface area contributed by atoms with Crippen LogP contribution in [0.1, 0.15) is 23.7 Å². The molecule has 3 rings (SSSR count). The molecule has 0 aliphatic carbocycles. The summed E-state index contributed by atoms with van der Waals surface area (Å²) in [4.78, 5) is 2.15. The molecule has 100 valence electrons. The predicted molar refractivity (Wildman–Crippen MR) is 78.2 cm³/mol. The van der Waals surface area contributed by atoms with E-state index in [1.165, 1.54) is 16.9 Å². The third-order valence-corrected chi connectivity index (χ3v) is 3.81. The number of ether oxygens (including phenoxy) is 1. The van der Waals surface area contributed by atoms with Crippen LogP contribution in [0.3, 0.4) is 0 Å². The van der Waals surface area contributed by atoms with Crippen molar-refractivity contribution in [3.05, 3.63) is 47.8 Å². The zero-order valence-electron chi connectivity index (χ0n) is 11.8. The van der Waals surface area contributed by atoms with E-state index in [9.17, 15) is 0 Å². The van der Waals surface area contributed by atoms with Crippen molar-refractivity contribution in [2.24, 2.45) is 0 Å². The summed E-state index contributed by atoms with van der Waals surface area (Å²) in [6.07, 6.45) is 3.27. The van der Waals surface area contributed by atoms with Crippen LogP contribution >= 0.6 is 0 Å². The van der Waals surface area contributed by atoms with Gasteiger partial charge in [0, 0.05) is 38.0 Å². The molecule has 1 aromatic carbocycles. The van der Waals surface area contributed by atoms with Gasteiger partial charge < -0.3 is 14.2 Å². The summed E-state index contributed by atoms with van der Waals surface area (Å²) in [6.45, 7) is 2.96. The summed E-state index contributed by atoms with van der Waals surface area (Å²) < 4.78 is 8.12. The lowest BCUT2D eigenvalue weighted by Gasteiger charge is -2.28. The fourth-order valence-corrected chi connectivity index (χ4v) is 2.76. The van der Waals surface area contributed by atoms with Gasteiger partial charge in [-0.05, 0) is 19.1 Å². The normalized spacial score (nSPS) is 17.7. The van der Waals surface area contributed by atoms with Gasteiger partial charge in [0.2, 0.25) is 0 Å². The Kier molecular flexibility index (Phi) is 2.97. The van der Waals surface area contributed by atoms with Crippen molar-refractivity contribution in [1.29, 1.82) is 0 Å². The van der Waals surface area contributed by atoms with Crippen LogP contribution in [0.5, 0.6) is 5.75 Å². The van der Waals surface area contributed by atoms with E-state index in [0.717, 1.165) is 18.8 Å². The molecule has 0 unspecified atom stereocenters. The molecule has 1 aromatic heterocycles. The van der Waals surface area contributed by atoms with E-state index >= 15 is 0 Å². The Morgan fingerprint density at radius 1 is 1.26 bits per heavy atom. The molecular formula is C16H20N2O. The summed E-state index contributed by atoms with van der Waals surface area (Å²) in [6, 6.07) is 11.0. The Bertz CT molecular complexity index is 586. The Morgan fingerprint density at radius 3 is 2.79 bits per heavy atom. The summed E-state index contributed by atoms with van der Waals surface area (Å²) in [5, 5.41) is 0. The van der Waals surface area contributed by atoms with E-state index in [1.54, 1.807) is 0 Å².